The number of hydrogen-bond donors (Lipinski definition) is 1. The summed E-state index contributed by atoms with van der Waals surface area (Å²) < 4.78 is 7.31. The average molecular weight is 305 g/mol. The molecular formula is C16H27N5O. The summed E-state index contributed by atoms with van der Waals surface area (Å²) >= 11 is 0. The largest absolute Gasteiger partial charge is 0.381 e. The third-order valence-electron chi connectivity index (χ3n) is 4.79. The van der Waals surface area contributed by atoms with Crippen molar-refractivity contribution in [3.63, 3.8) is 0 Å². The number of aliphatic imine (C=N–C) groups is 1. The van der Waals surface area contributed by atoms with Crippen molar-refractivity contribution in [3.05, 3.63) is 18.0 Å². The third kappa shape index (κ3) is 3.61. The van der Waals surface area contributed by atoms with Gasteiger partial charge in [-0.05, 0) is 30.7 Å². The molecule has 0 spiro atoms. The fourth-order valence-electron chi connectivity index (χ4n) is 3.39. The van der Waals surface area contributed by atoms with E-state index in [2.05, 4.69) is 26.5 Å². The molecule has 2 saturated heterocycles. The van der Waals surface area contributed by atoms with Crippen LogP contribution >= 0.6 is 0 Å². The lowest BCUT2D eigenvalue weighted by atomic mass is 10.0. The van der Waals surface area contributed by atoms with E-state index in [1.54, 1.807) is 0 Å². The van der Waals surface area contributed by atoms with E-state index in [0.29, 0.717) is 11.8 Å². The number of rotatable bonds is 3. The van der Waals surface area contributed by atoms with E-state index in [1.807, 2.05) is 25.0 Å². The van der Waals surface area contributed by atoms with Gasteiger partial charge in [-0.25, -0.2) is 0 Å². The van der Waals surface area contributed by atoms with E-state index in [-0.39, 0.29) is 0 Å². The Labute approximate surface area is 132 Å². The Kier molecular flexibility index (Phi) is 4.97. The van der Waals surface area contributed by atoms with E-state index in [4.69, 9.17) is 4.74 Å². The number of nitrogens with zero attached hydrogens (tertiary/aromatic N) is 4. The molecule has 1 unspecified atom stereocenters. The van der Waals surface area contributed by atoms with Crippen LogP contribution in [-0.2, 0) is 11.8 Å². The molecule has 6 nitrogen and oxygen atoms in total. The van der Waals surface area contributed by atoms with E-state index in [9.17, 15) is 0 Å². The van der Waals surface area contributed by atoms with Gasteiger partial charge in [-0.1, -0.05) is 0 Å². The molecule has 122 valence electrons. The first-order valence-electron chi connectivity index (χ1n) is 8.28. The first-order valence-corrected chi connectivity index (χ1v) is 8.28. The quantitative estimate of drug-likeness (QED) is 0.674. The number of guanidine groups is 1. The fourth-order valence-corrected chi connectivity index (χ4v) is 3.39. The van der Waals surface area contributed by atoms with Crippen molar-refractivity contribution < 1.29 is 4.74 Å². The summed E-state index contributed by atoms with van der Waals surface area (Å²) in [7, 11) is 3.86. The molecule has 1 aromatic rings. The van der Waals surface area contributed by atoms with Gasteiger partial charge in [0.25, 0.3) is 0 Å². The minimum absolute atomic E-state index is 0.565. The number of aromatic nitrogens is 2. The third-order valence-corrected chi connectivity index (χ3v) is 4.79. The zero-order chi connectivity index (χ0) is 15.4. The molecule has 3 rings (SSSR count). The Hall–Kier alpha value is -1.56. The minimum atomic E-state index is 0.565. The Morgan fingerprint density at radius 2 is 2.23 bits per heavy atom. The molecule has 2 aliphatic heterocycles. The van der Waals surface area contributed by atoms with Crippen molar-refractivity contribution in [2.45, 2.75) is 25.2 Å². The molecule has 2 fully saturated rings. The summed E-state index contributed by atoms with van der Waals surface area (Å²) in [5, 5.41) is 7.85. The first kappa shape index (κ1) is 15.3. The highest BCUT2D eigenvalue weighted by atomic mass is 16.5. The highest BCUT2D eigenvalue weighted by Gasteiger charge is 2.27. The van der Waals surface area contributed by atoms with Crippen molar-refractivity contribution in [2.75, 3.05) is 39.9 Å². The predicted molar refractivity (Wildman–Crippen MR) is 87.0 cm³/mol. The van der Waals surface area contributed by atoms with E-state index in [0.717, 1.165) is 51.6 Å². The molecule has 22 heavy (non-hydrogen) atoms. The molecule has 2 aliphatic rings. The normalized spacial score (nSPS) is 24.0. The number of ether oxygens (including phenoxy) is 1. The molecule has 0 saturated carbocycles. The van der Waals surface area contributed by atoms with Gasteiger partial charge in [-0.2, -0.15) is 5.10 Å². The van der Waals surface area contributed by atoms with Crippen molar-refractivity contribution in [2.24, 2.45) is 18.0 Å². The molecule has 0 aliphatic carbocycles. The lowest BCUT2D eigenvalue weighted by Crippen LogP contribution is -2.42. The van der Waals surface area contributed by atoms with Crippen LogP contribution in [0.2, 0.25) is 0 Å². The van der Waals surface area contributed by atoms with E-state index < -0.39 is 0 Å². The zero-order valence-corrected chi connectivity index (χ0v) is 13.7. The number of likely N-dealkylation sites (tertiary alicyclic amines) is 1. The van der Waals surface area contributed by atoms with Gasteiger partial charge < -0.3 is 15.0 Å². The van der Waals surface area contributed by atoms with Crippen LogP contribution in [0.4, 0.5) is 0 Å². The monoisotopic (exact) mass is 305 g/mol. The summed E-state index contributed by atoms with van der Waals surface area (Å²) in [5.74, 6) is 2.32. The van der Waals surface area contributed by atoms with E-state index >= 15 is 0 Å². The SMILES string of the molecule is CN=C(NCC1CCOCC1)N1CCC(c2cnn(C)c2)C1. The molecule has 6 heteroatoms. The molecule has 0 bridgehead atoms. The summed E-state index contributed by atoms with van der Waals surface area (Å²) in [5.41, 5.74) is 1.34. The maximum absolute atomic E-state index is 5.42. The van der Waals surface area contributed by atoms with Crippen LogP contribution in [0.5, 0.6) is 0 Å². The van der Waals surface area contributed by atoms with Crippen LogP contribution < -0.4 is 5.32 Å². The molecule has 0 radical (unpaired) electrons. The highest BCUT2D eigenvalue weighted by molar-refractivity contribution is 5.80. The Balaban J connectivity index is 1.51. The second-order valence-electron chi connectivity index (χ2n) is 6.36. The second kappa shape index (κ2) is 7.13. The van der Waals surface area contributed by atoms with Crippen molar-refractivity contribution in [3.8, 4) is 0 Å². The van der Waals surface area contributed by atoms with Gasteiger partial charge in [0.05, 0.1) is 6.20 Å². The van der Waals surface area contributed by atoms with Gasteiger partial charge in [-0.3, -0.25) is 9.67 Å². The highest BCUT2D eigenvalue weighted by Crippen LogP contribution is 2.26. The number of nitrogens with one attached hydrogen (secondary N) is 1. The van der Waals surface area contributed by atoms with Crippen LogP contribution in [0.3, 0.4) is 0 Å². The first-order chi connectivity index (χ1) is 10.8. The molecule has 0 amide bonds. The van der Waals surface area contributed by atoms with Gasteiger partial charge in [0.1, 0.15) is 0 Å². The summed E-state index contributed by atoms with van der Waals surface area (Å²) in [6, 6.07) is 0. The van der Waals surface area contributed by atoms with Crippen molar-refractivity contribution in [1.82, 2.24) is 20.0 Å². The van der Waals surface area contributed by atoms with Gasteiger partial charge in [0, 0.05) is 59.1 Å². The number of hydrogen-bond acceptors (Lipinski definition) is 3. The number of aryl methyl sites for hydroxylation is 1. The summed E-state index contributed by atoms with van der Waals surface area (Å²) in [6.07, 6.45) is 7.60. The summed E-state index contributed by atoms with van der Waals surface area (Å²) in [4.78, 5) is 6.84. The zero-order valence-electron chi connectivity index (χ0n) is 13.7. The van der Waals surface area contributed by atoms with Crippen molar-refractivity contribution in [1.29, 1.82) is 0 Å². The second-order valence-corrected chi connectivity index (χ2v) is 6.36. The van der Waals surface area contributed by atoms with Gasteiger partial charge in [0.2, 0.25) is 0 Å². The molecule has 1 N–H and O–H groups in total. The van der Waals surface area contributed by atoms with Crippen LogP contribution in [-0.4, -0.2) is 60.5 Å². The topological polar surface area (TPSA) is 54.7 Å². The lowest BCUT2D eigenvalue weighted by Gasteiger charge is -2.26. The van der Waals surface area contributed by atoms with Gasteiger partial charge >= 0.3 is 0 Å². The molecule has 1 atom stereocenters. The Morgan fingerprint density at radius 1 is 1.41 bits per heavy atom. The lowest BCUT2D eigenvalue weighted by molar-refractivity contribution is 0.0674. The molecule has 1 aromatic heterocycles. The minimum Gasteiger partial charge on any atom is -0.381 e. The predicted octanol–water partition coefficient (Wildman–Crippen LogP) is 1.21. The van der Waals surface area contributed by atoms with Crippen LogP contribution in [0.1, 0.15) is 30.7 Å². The molecule has 0 aromatic carbocycles. The summed E-state index contributed by atoms with van der Waals surface area (Å²) in [6.45, 7) is 4.89. The van der Waals surface area contributed by atoms with Gasteiger partial charge in [0.15, 0.2) is 5.96 Å². The Bertz CT molecular complexity index is 506. The average Bonchev–Trinajstić information content (AvgIpc) is 3.18. The van der Waals surface area contributed by atoms with Crippen LogP contribution in [0.25, 0.3) is 0 Å². The van der Waals surface area contributed by atoms with Gasteiger partial charge in [-0.15, -0.1) is 0 Å². The maximum atomic E-state index is 5.42. The maximum Gasteiger partial charge on any atom is 0.193 e. The van der Waals surface area contributed by atoms with Crippen LogP contribution in [0.15, 0.2) is 17.4 Å². The fraction of sp³-hybridized carbons (Fsp3) is 0.750. The molecular weight excluding hydrogens is 278 g/mol. The Morgan fingerprint density at radius 3 is 2.91 bits per heavy atom. The van der Waals surface area contributed by atoms with E-state index in [1.165, 1.54) is 12.0 Å². The van der Waals surface area contributed by atoms with Crippen molar-refractivity contribution >= 4 is 5.96 Å². The molecule has 3 heterocycles. The van der Waals surface area contributed by atoms with Crippen LogP contribution in [0, 0.1) is 5.92 Å². The smallest absolute Gasteiger partial charge is 0.193 e. The standard InChI is InChI=1S/C16H27N5O/c1-17-16(18-9-13-4-7-22-8-5-13)21-6-3-14(12-21)15-10-19-20(2)11-15/h10-11,13-14H,3-9,12H2,1-2H3,(H,17,18).